The van der Waals surface area contributed by atoms with Crippen LogP contribution in [0, 0.1) is 6.92 Å². The fourth-order valence-electron chi connectivity index (χ4n) is 1.59. The zero-order valence-corrected chi connectivity index (χ0v) is 12.3. The number of benzene rings is 1. The van der Waals surface area contributed by atoms with Gasteiger partial charge in [0.2, 0.25) is 0 Å². The van der Waals surface area contributed by atoms with Crippen LogP contribution in [-0.2, 0) is 25.1 Å². The van der Waals surface area contributed by atoms with Crippen molar-refractivity contribution in [2.45, 2.75) is 30.8 Å². The van der Waals surface area contributed by atoms with E-state index in [9.17, 15) is 18.9 Å². The molecule has 0 aromatic heterocycles. The van der Waals surface area contributed by atoms with Gasteiger partial charge in [-0.25, -0.2) is 0 Å². The summed E-state index contributed by atoms with van der Waals surface area (Å²) < 4.78 is 16.3. The Morgan fingerprint density at radius 3 is 2.45 bits per heavy atom. The van der Waals surface area contributed by atoms with Crippen LogP contribution in [0.15, 0.2) is 29.2 Å². The monoisotopic (exact) mass is 298 g/mol. The SMILES string of the molecule is COC(=O)CC(=O)C[C@@H](O)CS(=O)c1ccc(C)cc1. The number of methoxy groups -OCH3 is 1. The lowest BCUT2D eigenvalue weighted by Gasteiger charge is -2.09. The highest BCUT2D eigenvalue weighted by molar-refractivity contribution is 7.85. The molecule has 0 aliphatic carbocycles. The van der Waals surface area contributed by atoms with Gasteiger partial charge in [0.15, 0.2) is 0 Å². The predicted molar refractivity (Wildman–Crippen MR) is 74.7 cm³/mol. The maximum atomic E-state index is 12.0. The van der Waals surface area contributed by atoms with E-state index in [0.717, 1.165) is 5.56 Å². The van der Waals surface area contributed by atoms with Gasteiger partial charge in [-0.2, -0.15) is 0 Å². The topological polar surface area (TPSA) is 80.7 Å². The summed E-state index contributed by atoms with van der Waals surface area (Å²) in [6.07, 6.45) is -1.61. The van der Waals surface area contributed by atoms with Gasteiger partial charge in [0.05, 0.1) is 29.8 Å². The molecule has 0 radical (unpaired) electrons. The fourth-order valence-corrected chi connectivity index (χ4v) is 2.69. The molecule has 6 heteroatoms. The molecule has 1 N–H and O–H groups in total. The zero-order chi connectivity index (χ0) is 15.1. The van der Waals surface area contributed by atoms with Crippen LogP contribution in [0.2, 0.25) is 0 Å². The van der Waals surface area contributed by atoms with Gasteiger partial charge in [-0.15, -0.1) is 0 Å². The van der Waals surface area contributed by atoms with Gasteiger partial charge >= 0.3 is 5.97 Å². The van der Waals surface area contributed by atoms with Crippen molar-refractivity contribution in [3.63, 3.8) is 0 Å². The van der Waals surface area contributed by atoms with Crippen LogP contribution in [0.25, 0.3) is 0 Å². The second kappa shape index (κ2) is 7.91. The van der Waals surface area contributed by atoms with Crippen LogP contribution in [0.1, 0.15) is 18.4 Å². The van der Waals surface area contributed by atoms with Crippen LogP contribution >= 0.6 is 0 Å². The largest absolute Gasteiger partial charge is 0.469 e. The molecule has 5 nitrogen and oxygen atoms in total. The summed E-state index contributed by atoms with van der Waals surface area (Å²) in [5.41, 5.74) is 1.06. The Labute approximate surface area is 120 Å². The molecule has 110 valence electrons. The van der Waals surface area contributed by atoms with Crippen molar-refractivity contribution in [1.29, 1.82) is 0 Å². The van der Waals surface area contributed by atoms with E-state index in [1.54, 1.807) is 12.1 Å². The minimum Gasteiger partial charge on any atom is -0.469 e. The number of aryl methyl sites for hydroxylation is 1. The highest BCUT2D eigenvalue weighted by Gasteiger charge is 2.17. The van der Waals surface area contributed by atoms with Crippen molar-refractivity contribution >= 4 is 22.6 Å². The minimum absolute atomic E-state index is 0.0318. The lowest BCUT2D eigenvalue weighted by atomic mass is 10.1. The van der Waals surface area contributed by atoms with Crippen LogP contribution in [-0.4, -0.2) is 40.0 Å². The van der Waals surface area contributed by atoms with Gasteiger partial charge in [-0.1, -0.05) is 17.7 Å². The van der Waals surface area contributed by atoms with Gasteiger partial charge < -0.3 is 9.84 Å². The first-order valence-electron chi connectivity index (χ1n) is 6.14. The van der Waals surface area contributed by atoms with Gasteiger partial charge in [-0.3, -0.25) is 13.8 Å². The molecule has 0 saturated heterocycles. The Morgan fingerprint density at radius 2 is 1.90 bits per heavy atom. The van der Waals surface area contributed by atoms with Gasteiger partial charge in [0.1, 0.15) is 12.2 Å². The second-order valence-corrected chi connectivity index (χ2v) is 5.97. The third kappa shape index (κ3) is 5.63. The molecule has 0 bridgehead atoms. The van der Waals surface area contributed by atoms with E-state index in [0.29, 0.717) is 4.90 Å². The van der Waals surface area contributed by atoms with E-state index in [-0.39, 0.29) is 18.6 Å². The molecule has 0 heterocycles. The van der Waals surface area contributed by atoms with E-state index < -0.39 is 28.7 Å². The Hall–Kier alpha value is -1.53. The molecular weight excluding hydrogens is 280 g/mol. The van der Waals surface area contributed by atoms with Crippen molar-refractivity contribution < 1.29 is 23.6 Å². The molecule has 1 aromatic carbocycles. The summed E-state index contributed by atoms with van der Waals surface area (Å²) in [5, 5.41) is 9.73. The summed E-state index contributed by atoms with van der Waals surface area (Å²) in [5.74, 6) is -1.09. The van der Waals surface area contributed by atoms with Crippen molar-refractivity contribution in [3.05, 3.63) is 29.8 Å². The van der Waals surface area contributed by atoms with Crippen molar-refractivity contribution in [2.24, 2.45) is 0 Å². The van der Waals surface area contributed by atoms with Crippen molar-refractivity contribution in [2.75, 3.05) is 12.9 Å². The maximum Gasteiger partial charge on any atom is 0.313 e. The van der Waals surface area contributed by atoms with E-state index in [2.05, 4.69) is 4.74 Å². The smallest absolute Gasteiger partial charge is 0.313 e. The standard InChI is InChI=1S/C14H18O5S/c1-10-3-5-13(6-4-10)20(18)9-12(16)7-11(15)8-14(17)19-2/h3-6,12,16H,7-9H2,1-2H3/t12-,20?/m1/s1. The molecular formula is C14H18O5S. The molecule has 0 spiro atoms. The molecule has 2 atom stereocenters. The number of aliphatic hydroxyl groups excluding tert-OH is 1. The molecule has 20 heavy (non-hydrogen) atoms. The predicted octanol–water partition coefficient (Wildman–Crippen LogP) is 0.986. The summed E-state index contributed by atoms with van der Waals surface area (Å²) in [6, 6.07) is 7.13. The van der Waals surface area contributed by atoms with E-state index >= 15 is 0 Å². The number of aliphatic hydroxyl groups is 1. The molecule has 1 aromatic rings. The number of carbonyl (C=O) groups is 2. The van der Waals surface area contributed by atoms with Gasteiger partial charge in [0, 0.05) is 11.3 Å². The van der Waals surface area contributed by atoms with E-state index in [4.69, 9.17) is 0 Å². The first-order valence-corrected chi connectivity index (χ1v) is 7.46. The van der Waals surface area contributed by atoms with Gasteiger partial charge in [-0.05, 0) is 19.1 Å². The Bertz CT molecular complexity index is 495. The molecule has 0 amide bonds. The molecule has 1 unspecified atom stereocenters. The maximum absolute atomic E-state index is 12.0. The average Bonchev–Trinajstić information content (AvgIpc) is 2.38. The third-order valence-electron chi connectivity index (χ3n) is 2.66. The molecule has 0 fully saturated rings. The van der Waals surface area contributed by atoms with Crippen molar-refractivity contribution in [3.8, 4) is 0 Å². The number of carbonyl (C=O) groups excluding carboxylic acids is 2. The number of Topliss-reactive ketones (excluding diaryl/α,β-unsaturated/α-hetero) is 1. The second-order valence-electron chi connectivity index (χ2n) is 4.47. The summed E-state index contributed by atoms with van der Waals surface area (Å²) in [6.45, 7) is 1.92. The highest BCUT2D eigenvalue weighted by atomic mass is 32.2. The third-order valence-corrected chi connectivity index (χ3v) is 4.15. The minimum atomic E-state index is -1.37. The first-order chi connectivity index (χ1) is 9.42. The van der Waals surface area contributed by atoms with Crippen LogP contribution in [0.3, 0.4) is 0 Å². The Morgan fingerprint density at radius 1 is 1.30 bits per heavy atom. The summed E-state index contributed by atoms with van der Waals surface area (Å²) in [4.78, 5) is 22.9. The molecule has 0 aliphatic rings. The number of hydrogen-bond acceptors (Lipinski definition) is 5. The fraction of sp³-hybridized carbons (Fsp3) is 0.429. The lowest BCUT2D eigenvalue weighted by Crippen LogP contribution is -2.22. The number of ketones is 1. The van der Waals surface area contributed by atoms with E-state index in [1.165, 1.54) is 7.11 Å². The van der Waals surface area contributed by atoms with Crippen LogP contribution in [0.5, 0.6) is 0 Å². The quantitative estimate of drug-likeness (QED) is 0.599. The summed E-state index contributed by atoms with van der Waals surface area (Å²) in [7, 11) is -0.178. The van der Waals surface area contributed by atoms with E-state index in [1.807, 2.05) is 19.1 Å². The number of esters is 1. The van der Waals surface area contributed by atoms with Crippen LogP contribution < -0.4 is 0 Å². The number of rotatable bonds is 7. The number of ether oxygens (including phenoxy) is 1. The number of hydrogen-bond donors (Lipinski definition) is 1. The van der Waals surface area contributed by atoms with Crippen LogP contribution in [0.4, 0.5) is 0 Å². The summed E-state index contributed by atoms with van der Waals surface area (Å²) >= 11 is 0. The lowest BCUT2D eigenvalue weighted by molar-refractivity contribution is -0.143. The molecule has 0 saturated carbocycles. The first kappa shape index (κ1) is 16.5. The van der Waals surface area contributed by atoms with Gasteiger partial charge in [0.25, 0.3) is 0 Å². The molecule has 1 rings (SSSR count). The van der Waals surface area contributed by atoms with Crippen molar-refractivity contribution in [1.82, 2.24) is 0 Å². The normalized spacial score (nSPS) is 13.6. The zero-order valence-electron chi connectivity index (χ0n) is 11.5. The average molecular weight is 298 g/mol. The Kier molecular flexibility index (Phi) is 6.54. The molecule has 0 aliphatic heterocycles. The highest BCUT2D eigenvalue weighted by Crippen LogP contribution is 2.11. The Balaban J connectivity index is 2.47.